The van der Waals surface area contributed by atoms with Gasteiger partial charge in [0.1, 0.15) is 5.25 Å². The van der Waals surface area contributed by atoms with E-state index >= 15 is 0 Å². The molecule has 19 heavy (non-hydrogen) atoms. The smallest absolute Gasteiger partial charge is 0.325 e. The van der Waals surface area contributed by atoms with Crippen LogP contribution in [-0.2, 0) is 20.4 Å². The van der Waals surface area contributed by atoms with Gasteiger partial charge in [0, 0.05) is 11.8 Å². The van der Waals surface area contributed by atoms with E-state index in [0.29, 0.717) is 5.89 Å². The Morgan fingerprint density at radius 3 is 2.42 bits per heavy atom. The van der Waals surface area contributed by atoms with Crippen molar-refractivity contribution in [3.63, 3.8) is 0 Å². The van der Waals surface area contributed by atoms with Crippen molar-refractivity contribution < 1.29 is 21.5 Å². The summed E-state index contributed by atoms with van der Waals surface area (Å²) < 4.78 is 39.8. The fraction of sp³-hybridized carbons (Fsp3) is 0.700. The molecule has 1 aromatic rings. The maximum atomic E-state index is 12.9. The number of hydrogen-bond donors (Lipinski definition) is 0. The molecule has 0 aliphatic carbocycles. The first-order valence-corrected chi connectivity index (χ1v) is 7.11. The Labute approximate surface area is 110 Å². The zero-order chi connectivity index (χ0) is 14.4. The van der Waals surface area contributed by atoms with Gasteiger partial charge in [-0.25, -0.2) is 0 Å². The lowest BCUT2D eigenvalue weighted by Crippen LogP contribution is -2.27. The number of hydrogen-bond acceptors (Lipinski definition) is 6. The summed E-state index contributed by atoms with van der Waals surface area (Å²) in [6.07, 6.45) is -0.411. The number of anilines is 1. The molecule has 0 radical (unpaired) electrons. The van der Waals surface area contributed by atoms with Crippen molar-refractivity contribution >= 4 is 22.1 Å². The van der Waals surface area contributed by atoms with Crippen LogP contribution >= 0.6 is 0 Å². The van der Waals surface area contributed by atoms with Gasteiger partial charge in [-0.3, -0.25) is 9.69 Å². The molecule has 1 fully saturated rings. The molecule has 0 bridgehead atoms. The lowest BCUT2D eigenvalue weighted by molar-refractivity contribution is -0.117. The Hall–Kier alpha value is -1.51. The molecule has 1 aromatic heterocycles. The summed E-state index contributed by atoms with van der Waals surface area (Å²) in [6.45, 7) is 5.25. The minimum absolute atomic E-state index is 0.0962. The maximum Gasteiger partial charge on any atom is 0.325 e. The summed E-state index contributed by atoms with van der Waals surface area (Å²) in [4.78, 5) is 12.7. The molecule has 2 heterocycles. The van der Waals surface area contributed by atoms with Crippen LogP contribution in [0.3, 0.4) is 0 Å². The zero-order valence-corrected chi connectivity index (χ0v) is 11.6. The third kappa shape index (κ3) is 2.75. The monoisotopic (exact) mass is 291 g/mol. The quantitative estimate of drug-likeness (QED) is 0.747. The third-order valence-electron chi connectivity index (χ3n) is 2.77. The van der Waals surface area contributed by atoms with Crippen LogP contribution in [0.15, 0.2) is 4.42 Å². The molecule has 106 valence electrons. The molecule has 7 nitrogen and oxygen atoms in total. The summed E-state index contributed by atoms with van der Waals surface area (Å²) in [5, 5.41) is 6.13. The van der Waals surface area contributed by atoms with Gasteiger partial charge in [0.15, 0.2) is 0 Å². The van der Waals surface area contributed by atoms with E-state index in [2.05, 4.69) is 10.2 Å². The maximum absolute atomic E-state index is 12.9. The van der Waals surface area contributed by atoms with Crippen molar-refractivity contribution in [1.29, 1.82) is 0 Å². The highest BCUT2D eigenvalue weighted by Gasteiger charge is 2.41. The summed E-state index contributed by atoms with van der Waals surface area (Å²) in [7, 11) is -4.75. The highest BCUT2D eigenvalue weighted by atomic mass is 32.3. The minimum Gasteiger partial charge on any atom is -0.407 e. The number of halogens is 1. The molecule has 9 heteroatoms. The van der Waals surface area contributed by atoms with Gasteiger partial charge in [0.2, 0.25) is 11.8 Å². The van der Waals surface area contributed by atoms with Gasteiger partial charge in [-0.2, -0.15) is 8.42 Å². The Balaban J connectivity index is 2.24. The largest absolute Gasteiger partial charge is 0.407 e. The highest BCUT2D eigenvalue weighted by Crippen LogP contribution is 2.28. The molecule has 0 N–H and O–H groups in total. The average Bonchev–Trinajstić information content (AvgIpc) is 2.80. The molecular formula is C10H14FN3O4S. The number of amides is 1. The fourth-order valence-electron chi connectivity index (χ4n) is 1.68. The van der Waals surface area contributed by atoms with E-state index in [0.717, 1.165) is 4.90 Å². The van der Waals surface area contributed by atoms with Crippen molar-refractivity contribution in [3.05, 3.63) is 5.89 Å². The predicted molar refractivity (Wildman–Crippen MR) is 63.8 cm³/mol. The van der Waals surface area contributed by atoms with E-state index in [4.69, 9.17) is 4.42 Å². The molecule has 1 atom stereocenters. The van der Waals surface area contributed by atoms with Crippen LogP contribution in [0.25, 0.3) is 0 Å². The molecule has 2 rings (SSSR count). The number of carbonyl (C=O) groups excluding carboxylic acids is 1. The molecule has 1 unspecified atom stereocenters. The van der Waals surface area contributed by atoms with Crippen molar-refractivity contribution in [2.24, 2.45) is 0 Å². The molecule has 1 amide bonds. The normalized spacial score (nSPS) is 21.2. The van der Waals surface area contributed by atoms with Crippen LogP contribution in [0.4, 0.5) is 9.90 Å². The van der Waals surface area contributed by atoms with Gasteiger partial charge >= 0.3 is 16.2 Å². The van der Waals surface area contributed by atoms with E-state index in [-0.39, 0.29) is 18.0 Å². The van der Waals surface area contributed by atoms with Gasteiger partial charge in [-0.15, -0.1) is 8.98 Å². The number of carbonyl (C=O) groups is 1. The van der Waals surface area contributed by atoms with E-state index < -0.39 is 27.8 Å². The van der Waals surface area contributed by atoms with Crippen LogP contribution in [-0.4, -0.2) is 36.3 Å². The number of nitrogens with zero attached hydrogens (tertiary/aromatic N) is 3. The summed E-state index contributed by atoms with van der Waals surface area (Å²) in [5.74, 6) is -0.225. The molecule has 1 aliphatic heterocycles. The number of aromatic nitrogens is 2. The lowest BCUT2D eigenvalue weighted by atomic mass is 9.97. The standard InChI is InChI=1S/C10H14FN3O4S/c1-10(2,3)8-12-13-9(18-8)14-5-6(4-7(14)15)19(11,16)17/h6H,4-5H2,1-3H3. The average molecular weight is 291 g/mol. The van der Waals surface area contributed by atoms with E-state index in [1.165, 1.54) is 0 Å². The predicted octanol–water partition coefficient (Wildman–Crippen LogP) is 0.772. The van der Waals surface area contributed by atoms with Crippen LogP contribution in [0, 0.1) is 0 Å². The molecule has 1 saturated heterocycles. The third-order valence-corrected chi connectivity index (χ3v) is 3.89. The van der Waals surface area contributed by atoms with Gasteiger partial charge in [-0.1, -0.05) is 25.9 Å². The van der Waals surface area contributed by atoms with Crippen molar-refractivity contribution in [1.82, 2.24) is 10.2 Å². The zero-order valence-electron chi connectivity index (χ0n) is 10.8. The lowest BCUT2D eigenvalue weighted by Gasteiger charge is -2.12. The molecule has 0 saturated carbocycles. The first kappa shape index (κ1) is 13.9. The van der Waals surface area contributed by atoms with E-state index in [9.17, 15) is 17.1 Å². The topological polar surface area (TPSA) is 93.4 Å². The van der Waals surface area contributed by atoms with Crippen LogP contribution in [0.5, 0.6) is 0 Å². The van der Waals surface area contributed by atoms with Gasteiger partial charge in [-0.05, 0) is 0 Å². The van der Waals surface area contributed by atoms with Crippen LogP contribution in [0.1, 0.15) is 33.1 Å². The SMILES string of the molecule is CC(C)(C)c1nnc(N2CC(S(=O)(=O)F)CC2=O)o1. The van der Waals surface area contributed by atoms with Crippen LogP contribution in [0.2, 0.25) is 0 Å². The highest BCUT2D eigenvalue weighted by molar-refractivity contribution is 7.87. The second-order valence-electron chi connectivity index (χ2n) is 5.45. The summed E-state index contributed by atoms with van der Waals surface area (Å²) >= 11 is 0. The number of rotatable bonds is 2. The minimum atomic E-state index is -4.75. The first-order chi connectivity index (χ1) is 8.59. The second kappa shape index (κ2) is 4.26. The molecule has 0 aromatic carbocycles. The Kier molecular flexibility index (Phi) is 3.12. The van der Waals surface area contributed by atoms with E-state index in [1.54, 1.807) is 0 Å². The first-order valence-electron chi connectivity index (χ1n) is 5.67. The summed E-state index contributed by atoms with van der Waals surface area (Å²) in [6, 6.07) is -0.0962. The molecular weight excluding hydrogens is 277 g/mol. The Morgan fingerprint density at radius 2 is 2.00 bits per heavy atom. The van der Waals surface area contributed by atoms with Crippen molar-refractivity contribution in [3.8, 4) is 0 Å². The molecule has 0 spiro atoms. The van der Waals surface area contributed by atoms with Crippen molar-refractivity contribution in [2.45, 2.75) is 37.9 Å². The van der Waals surface area contributed by atoms with Gasteiger partial charge in [0.25, 0.3) is 0 Å². The Morgan fingerprint density at radius 1 is 1.37 bits per heavy atom. The van der Waals surface area contributed by atoms with E-state index in [1.807, 2.05) is 20.8 Å². The molecule has 1 aliphatic rings. The van der Waals surface area contributed by atoms with Gasteiger partial charge < -0.3 is 4.42 Å². The second-order valence-corrected chi connectivity index (χ2v) is 7.06. The van der Waals surface area contributed by atoms with Gasteiger partial charge in [0.05, 0.1) is 6.54 Å². The van der Waals surface area contributed by atoms with Crippen LogP contribution < -0.4 is 4.90 Å². The van der Waals surface area contributed by atoms with Crippen molar-refractivity contribution in [2.75, 3.05) is 11.4 Å². The fourth-order valence-corrected chi connectivity index (χ4v) is 2.34. The summed E-state index contributed by atoms with van der Waals surface area (Å²) in [5.41, 5.74) is -0.389. The Bertz CT molecular complexity index is 605.